The fourth-order valence-electron chi connectivity index (χ4n) is 4.84. The second-order valence-electron chi connectivity index (χ2n) is 8.50. The van der Waals surface area contributed by atoms with E-state index in [1.54, 1.807) is 11.3 Å². The van der Waals surface area contributed by atoms with Crippen LogP contribution in [0.25, 0.3) is 10.2 Å². The first-order valence-corrected chi connectivity index (χ1v) is 12.2. The lowest BCUT2D eigenvalue weighted by atomic mass is 9.87. The van der Waals surface area contributed by atoms with Crippen LogP contribution in [0.5, 0.6) is 5.75 Å². The molecule has 0 radical (unpaired) electrons. The van der Waals surface area contributed by atoms with Crippen molar-refractivity contribution in [2.75, 3.05) is 24.6 Å². The number of nitrogens with zero attached hydrogens (tertiary/aromatic N) is 2. The Labute approximate surface area is 187 Å². The van der Waals surface area contributed by atoms with E-state index in [-0.39, 0.29) is 17.9 Å². The van der Waals surface area contributed by atoms with Gasteiger partial charge in [-0.15, -0.1) is 0 Å². The lowest BCUT2D eigenvalue weighted by Crippen LogP contribution is -2.44. The van der Waals surface area contributed by atoms with Crippen molar-refractivity contribution in [2.45, 2.75) is 45.1 Å². The summed E-state index contributed by atoms with van der Waals surface area (Å²) in [7, 11) is 0. The lowest BCUT2D eigenvalue weighted by Gasteiger charge is -2.33. The molecule has 5 rings (SSSR count). The third-order valence-electron chi connectivity index (χ3n) is 6.41. The van der Waals surface area contributed by atoms with Gasteiger partial charge in [-0.1, -0.05) is 35.6 Å². The van der Waals surface area contributed by atoms with Gasteiger partial charge in [-0.3, -0.25) is 4.79 Å². The van der Waals surface area contributed by atoms with Crippen LogP contribution in [0.15, 0.2) is 42.5 Å². The quantitative estimate of drug-likeness (QED) is 0.605. The standard InChI is InChI=1S/C25H29N3O2S/c1-2-30-19-12-13-22-23(15-19)31-25(27-22)28-14-6-9-18(16-28)24(29)26-21-11-5-8-17-7-3-4-10-20(17)21/h3-4,7,10,12-13,15,18,21H,2,5-6,8-9,11,14,16H2,1H3,(H,26,29). The molecule has 1 amide bonds. The number of carbonyl (C=O) groups excluding carboxylic acids is 1. The van der Waals surface area contributed by atoms with E-state index < -0.39 is 0 Å². The van der Waals surface area contributed by atoms with E-state index in [0.29, 0.717) is 6.61 Å². The zero-order chi connectivity index (χ0) is 21.2. The van der Waals surface area contributed by atoms with Crippen molar-refractivity contribution in [3.63, 3.8) is 0 Å². The monoisotopic (exact) mass is 435 g/mol. The molecule has 1 aromatic heterocycles. The summed E-state index contributed by atoms with van der Waals surface area (Å²) in [5, 5.41) is 4.37. The molecule has 0 saturated carbocycles. The first kappa shape index (κ1) is 20.3. The highest BCUT2D eigenvalue weighted by molar-refractivity contribution is 7.22. The third-order valence-corrected chi connectivity index (χ3v) is 7.49. The van der Waals surface area contributed by atoms with Gasteiger partial charge < -0.3 is 15.0 Å². The Morgan fingerprint density at radius 3 is 3.03 bits per heavy atom. The Kier molecular flexibility index (Phi) is 5.81. The molecule has 0 spiro atoms. The Balaban J connectivity index is 1.28. The summed E-state index contributed by atoms with van der Waals surface area (Å²) >= 11 is 1.69. The number of ether oxygens (including phenoxy) is 1. The smallest absolute Gasteiger partial charge is 0.225 e. The second kappa shape index (κ2) is 8.87. The van der Waals surface area contributed by atoms with Crippen LogP contribution in [0.4, 0.5) is 5.13 Å². The molecule has 1 fully saturated rings. The number of fused-ring (bicyclic) bond motifs is 2. The van der Waals surface area contributed by atoms with Gasteiger partial charge in [0.25, 0.3) is 0 Å². The van der Waals surface area contributed by atoms with Gasteiger partial charge in [-0.2, -0.15) is 0 Å². The summed E-state index contributed by atoms with van der Waals surface area (Å²) in [6.45, 7) is 4.34. The number of piperidine rings is 1. The molecule has 0 bridgehead atoms. The van der Waals surface area contributed by atoms with Crippen molar-refractivity contribution in [1.82, 2.24) is 10.3 Å². The van der Waals surface area contributed by atoms with Crippen LogP contribution in [-0.4, -0.2) is 30.6 Å². The van der Waals surface area contributed by atoms with Crippen molar-refractivity contribution in [1.29, 1.82) is 0 Å². The van der Waals surface area contributed by atoms with Crippen LogP contribution < -0.4 is 15.0 Å². The molecule has 2 unspecified atom stereocenters. The topological polar surface area (TPSA) is 54.5 Å². The Hall–Kier alpha value is -2.60. The van der Waals surface area contributed by atoms with E-state index >= 15 is 0 Å². The number of thiazole rings is 1. The number of aromatic nitrogens is 1. The van der Waals surface area contributed by atoms with Gasteiger partial charge in [0, 0.05) is 13.1 Å². The summed E-state index contributed by atoms with van der Waals surface area (Å²) in [5.41, 5.74) is 3.67. The predicted molar refractivity (Wildman–Crippen MR) is 126 cm³/mol. The van der Waals surface area contributed by atoms with E-state index in [9.17, 15) is 4.79 Å². The minimum absolute atomic E-state index is 0.00818. The fourth-order valence-corrected chi connectivity index (χ4v) is 5.87. The molecule has 2 aliphatic rings. The van der Waals surface area contributed by atoms with Crippen molar-refractivity contribution in [3.05, 3.63) is 53.6 Å². The molecule has 1 N–H and O–H groups in total. The Morgan fingerprint density at radius 1 is 1.23 bits per heavy atom. The van der Waals surface area contributed by atoms with Crippen LogP contribution in [0.3, 0.4) is 0 Å². The third kappa shape index (κ3) is 4.26. The Bertz CT molecular complexity index is 1080. The zero-order valence-electron chi connectivity index (χ0n) is 18.0. The fraction of sp³-hybridized carbons (Fsp3) is 0.440. The molecule has 3 aromatic rings. The molecule has 2 aromatic carbocycles. The molecule has 5 nitrogen and oxygen atoms in total. The maximum absolute atomic E-state index is 13.2. The molecule has 2 heterocycles. The van der Waals surface area contributed by atoms with Gasteiger partial charge in [-0.05, 0) is 68.4 Å². The molecule has 162 valence electrons. The van der Waals surface area contributed by atoms with Crippen molar-refractivity contribution in [3.8, 4) is 5.75 Å². The highest BCUT2D eigenvalue weighted by Gasteiger charge is 2.30. The highest BCUT2D eigenvalue weighted by atomic mass is 32.1. The van der Waals surface area contributed by atoms with Crippen molar-refractivity contribution in [2.24, 2.45) is 5.92 Å². The molecule has 2 atom stereocenters. The first-order chi connectivity index (χ1) is 15.2. The van der Waals surface area contributed by atoms with Crippen LogP contribution in [0.2, 0.25) is 0 Å². The van der Waals surface area contributed by atoms with Gasteiger partial charge in [-0.25, -0.2) is 4.98 Å². The number of hydrogen-bond donors (Lipinski definition) is 1. The normalized spacial score (nSPS) is 21.0. The van der Waals surface area contributed by atoms with Crippen LogP contribution in [-0.2, 0) is 11.2 Å². The summed E-state index contributed by atoms with van der Waals surface area (Å²) < 4.78 is 6.76. The number of anilines is 1. The molecule has 1 saturated heterocycles. The largest absolute Gasteiger partial charge is 0.494 e. The molecule has 31 heavy (non-hydrogen) atoms. The summed E-state index contributed by atoms with van der Waals surface area (Å²) in [4.78, 5) is 20.3. The maximum atomic E-state index is 13.2. The van der Waals surface area contributed by atoms with Gasteiger partial charge >= 0.3 is 0 Å². The predicted octanol–water partition coefficient (Wildman–Crippen LogP) is 5.11. The molecule has 6 heteroatoms. The highest BCUT2D eigenvalue weighted by Crippen LogP contribution is 2.34. The molecule has 1 aliphatic carbocycles. The zero-order valence-corrected chi connectivity index (χ0v) is 18.8. The number of rotatable bonds is 5. The number of nitrogens with one attached hydrogen (secondary N) is 1. The number of benzene rings is 2. The summed E-state index contributed by atoms with van der Waals surface area (Å²) in [6.07, 6.45) is 5.23. The van der Waals surface area contributed by atoms with Crippen LogP contribution in [0.1, 0.15) is 49.8 Å². The number of aryl methyl sites for hydroxylation is 1. The first-order valence-electron chi connectivity index (χ1n) is 11.4. The maximum Gasteiger partial charge on any atom is 0.225 e. The van der Waals surface area contributed by atoms with Gasteiger partial charge in [0.2, 0.25) is 5.91 Å². The second-order valence-corrected chi connectivity index (χ2v) is 9.51. The number of carbonyl (C=O) groups is 1. The van der Waals surface area contributed by atoms with Gasteiger partial charge in [0.15, 0.2) is 5.13 Å². The summed E-state index contributed by atoms with van der Waals surface area (Å²) in [5.74, 6) is 1.08. The van der Waals surface area contributed by atoms with E-state index in [2.05, 4.69) is 40.5 Å². The summed E-state index contributed by atoms with van der Waals surface area (Å²) in [6, 6.07) is 14.7. The van der Waals surface area contributed by atoms with Gasteiger partial charge in [0.1, 0.15) is 5.75 Å². The van der Waals surface area contributed by atoms with Crippen molar-refractivity contribution < 1.29 is 9.53 Å². The van der Waals surface area contributed by atoms with E-state index in [4.69, 9.17) is 9.72 Å². The molecular weight excluding hydrogens is 406 g/mol. The Morgan fingerprint density at radius 2 is 2.13 bits per heavy atom. The van der Waals surface area contributed by atoms with Crippen molar-refractivity contribution >= 4 is 32.6 Å². The molecule has 1 aliphatic heterocycles. The minimum Gasteiger partial charge on any atom is -0.494 e. The van der Waals surface area contributed by atoms with Gasteiger partial charge in [0.05, 0.1) is 28.8 Å². The SMILES string of the molecule is CCOc1ccc2nc(N3CCCC(C(=O)NC4CCCc5ccccc54)C3)sc2c1. The molecular formula is C25H29N3O2S. The van der Waals surface area contributed by atoms with Crippen LogP contribution >= 0.6 is 11.3 Å². The minimum atomic E-state index is 0.00818. The van der Waals surface area contributed by atoms with Crippen LogP contribution in [0, 0.1) is 5.92 Å². The lowest BCUT2D eigenvalue weighted by molar-refractivity contribution is -0.126. The van der Waals surface area contributed by atoms with E-state index in [1.807, 2.05) is 19.1 Å². The average Bonchev–Trinajstić information content (AvgIpc) is 3.23. The van der Waals surface area contributed by atoms with E-state index in [0.717, 1.165) is 66.3 Å². The average molecular weight is 436 g/mol. The number of hydrogen-bond acceptors (Lipinski definition) is 5. The number of amides is 1. The van der Waals surface area contributed by atoms with E-state index in [1.165, 1.54) is 11.1 Å².